The summed E-state index contributed by atoms with van der Waals surface area (Å²) in [7, 11) is 0. The number of nitrogens with zero attached hydrogens (tertiary/aromatic N) is 1. The van der Waals surface area contributed by atoms with Crippen molar-refractivity contribution in [3.05, 3.63) is 86.5 Å². The minimum Gasteiger partial charge on any atom is -0.492 e. The van der Waals surface area contributed by atoms with E-state index in [9.17, 15) is 28.7 Å². The number of carboxylic acid groups (broad SMARTS) is 1. The van der Waals surface area contributed by atoms with Gasteiger partial charge >= 0.3 is 11.9 Å². The summed E-state index contributed by atoms with van der Waals surface area (Å²) in [6.07, 6.45) is -1.23. The molecule has 0 aliphatic carbocycles. The second-order valence-corrected chi connectivity index (χ2v) is 8.67. The second kappa shape index (κ2) is 12.3. The molecule has 3 aromatic carbocycles. The fraction of sp³-hybridized carbons (Fsp3) is 0.160. The van der Waals surface area contributed by atoms with Crippen LogP contribution in [0.4, 0.5) is 20.2 Å². The van der Waals surface area contributed by atoms with Gasteiger partial charge in [0.25, 0.3) is 0 Å². The molecule has 0 radical (unpaired) electrons. The molecule has 186 valence electrons. The second-order valence-electron chi connectivity index (χ2n) is 7.43. The summed E-state index contributed by atoms with van der Waals surface area (Å²) in [5.74, 6) is -3.64. The van der Waals surface area contributed by atoms with E-state index in [4.69, 9.17) is 14.6 Å². The third kappa shape index (κ3) is 6.89. The normalized spacial score (nSPS) is 11.3. The Kier molecular flexibility index (Phi) is 9.15. The van der Waals surface area contributed by atoms with Crippen LogP contribution in [0.2, 0.25) is 0 Å². The summed E-state index contributed by atoms with van der Waals surface area (Å²) in [4.78, 5) is 23.4. The molecule has 0 aliphatic heterocycles. The Bertz CT molecular complexity index is 1330. The van der Waals surface area contributed by atoms with E-state index < -0.39 is 36.3 Å². The summed E-state index contributed by atoms with van der Waals surface area (Å²) in [6, 6.07) is 13.8. The molecule has 0 fully saturated rings. The van der Waals surface area contributed by atoms with Gasteiger partial charge in [0.2, 0.25) is 0 Å². The van der Waals surface area contributed by atoms with Gasteiger partial charge in [-0.3, -0.25) is 0 Å². The van der Waals surface area contributed by atoms with Gasteiger partial charge in [0.1, 0.15) is 35.6 Å². The van der Waals surface area contributed by atoms with Crippen molar-refractivity contribution in [2.45, 2.75) is 12.5 Å². The zero-order chi connectivity index (χ0) is 26.2. The smallest absolute Gasteiger partial charge is 0.339 e. The van der Waals surface area contributed by atoms with E-state index in [1.165, 1.54) is 36.4 Å². The van der Waals surface area contributed by atoms with Crippen molar-refractivity contribution in [3.8, 4) is 11.8 Å². The van der Waals surface area contributed by atoms with Gasteiger partial charge in [-0.2, -0.15) is 5.26 Å². The maximum absolute atomic E-state index is 14.2. The zero-order valence-corrected chi connectivity index (χ0v) is 20.7. The van der Waals surface area contributed by atoms with Crippen LogP contribution in [0.1, 0.15) is 32.7 Å². The first-order chi connectivity index (χ1) is 17.2. The number of hydrogen-bond acceptors (Lipinski definition) is 7. The Balaban J connectivity index is 1.61. The number of carbonyl (C=O) groups excluding carboxylic acids is 1. The van der Waals surface area contributed by atoms with Crippen molar-refractivity contribution < 1.29 is 38.1 Å². The van der Waals surface area contributed by atoms with E-state index in [1.807, 2.05) is 28.7 Å². The quantitative estimate of drug-likeness (QED) is 0.220. The number of nitrogens with one attached hydrogen (secondary N) is 1. The third-order valence-corrected chi connectivity index (χ3v) is 5.54. The molecule has 8 nitrogen and oxygen atoms in total. The summed E-state index contributed by atoms with van der Waals surface area (Å²) in [5, 5.41) is 31.5. The zero-order valence-electron chi connectivity index (χ0n) is 18.5. The van der Waals surface area contributed by atoms with Gasteiger partial charge in [0, 0.05) is 16.1 Å². The number of esters is 1. The molecule has 3 aromatic rings. The number of aliphatic hydroxyl groups excluding tert-OH is 1. The molecule has 0 saturated carbocycles. The number of ether oxygens (including phenoxy) is 2. The highest BCUT2D eigenvalue weighted by Crippen LogP contribution is 2.31. The van der Waals surface area contributed by atoms with Crippen LogP contribution in [-0.2, 0) is 4.74 Å². The van der Waals surface area contributed by atoms with Gasteiger partial charge in [-0.25, -0.2) is 18.4 Å². The highest BCUT2D eigenvalue weighted by atomic mass is 127. The van der Waals surface area contributed by atoms with Gasteiger partial charge < -0.3 is 25.0 Å². The average Bonchev–Trinajstić information content (AvgIpc) is 2.84. The molecule has 0 amide bonds. The van der Waals surface area contributed by atoms with Crippen LogP contribution in [-0.4, -0.2) is 41.5 Å². The van der Waals surface area contributed by atoms with E-state index in [0.29, 0.717) is 3.57 Å². The van der Waals surface area contributed by atoms with Crippen molar-refractivity contribution in [1.82, 2.24) is 0 Å². The van der Waals surface area contributed by atoms with Gasteiger partial charge in [-0.05, 0) is 59.0 Å². The van der Waals surface area contributed by atoms with Crippen LogP contribution in [0, 0.1) is 26.5 Å². The maximum atomic E-state index is 14.2. The molecular weight excluding hydrogens is 589 g/mol. The van der Waals surface area contributed by atoms with Crippen molar-refractivity contribution >= 4 is 45.9 Å². The van der Waals surface area contributed by atoms with Crippen LogP contribution in [0.5, 0.6) is 5.75 Å². The number of rotatable bonds is 10. The summed E-state index contributed by atoms with van der Waals surface area (Å²) in [6.45, 7) is -0.608. The summed E-state index contributed by atoms with van der Waals surface area (Å²) in [5.41, 5.74) is -0.411. The number of halogens is 3. The monoisotopic (exact) mass is 608 g/mol. The highest BCUT2D eigenvalue weighted by Gasteiger charge is 2.19. The number of hydrogen-bond donors (Lipinski definition) is 3. The van der Waals surface area contributed by atoms with Crippen LogP contribution >= 0.6 is 22.6 Å². The minimum atomic E-state index is -1.29. The number of nitriles is 1. The first kappa shape index (κ1) is 26.8. The van der Waals surface area contributed by atoms with Crippen molar-refractivity contribution in [1.29, 1.82) is 5.26 Å². The standard InChI is InChI=1S/C25H19F2IN2O6/c26-14-9-22(30-21-6-5-15(28)11-20(21)27)19(12-29)23(10-14)35-8-7-16(31)13-36-25(34)18-4-2-1-3-17(18)24(32)33/h1-6,9-11,16,30-31H,7-8,13H2,(H,32,33)/t16-/m1/s1. The van der Waals surface area contributed by atoms with Crippen molar-refractivity contribution in [2.75, 3.05) is 18.5 Å². The molecule has 0 unspecified atom stereocenters. The Morgan fingerprint density at radius 2 is 1.81 bits per heavy atom. The van der Waals surface area contributed by atoms with Crippen LogP contribution in [0.3, 0.4) is 0 Å². The fourth-order valence-electron chi connectivity index (χ4n) is 3.13. The minimum absolute atomic E-state index is 0.000757. The van der Waals surface area contributed by atoms with Crippen LogP contribution in [0.15, 0.2) is 54.6 Å². The lowest BCUT2D eigenvalue weighted by atomic mass is 10.1. The lowest BCUT2D eigenvalue weighted by Crippen LogP contribution is -2.22. The number of benzene rings is 3. The molecule has 0 spiro atoms. The lowest BCUT2D eigenvalue weighted by Gasteiger charge is -2.15. The van der Waals surface area contributed by atoms with E-state index >= 15 is 0 Å². The van der Waals surface area contributed by atoms with Crippen molar-refractivity contribution in [3.63, 3.8) is 0 Å². The number of carbonyl (C=O) groups is 2. The van der Waals surface area contributed by atoms with Gasteiger partial charge in [-0.15, -0.1) is 0 Å². The summed E-state index contributed by atoms with van der Waals surface area (Å²) >= 11 is 1.94. The number of anilines is 2. The number of carboxylic acids is 1. The van der Waals surface area contributed by atoms with E-state index in [-0.39, 0.29) is 46.8 Å². The lowest BCUT2D eigenvalue weighted by molar-refractivity contribution is 0.0203. The van der Waals surface area contributed by atoms with Gasteiger partial charge in [-0.1, -0.05) is 12.1 Å². The molecule has 11 heteroatoms. The van der Waals surface area contributed by atoms with E-state index in [0.717, 1.165) is 12.1 Å². The molecule has 3 N–H and O–H groups in total. The highest BCUT2D eigenvalue weighted by molar-refractivity contribution is 14.1. The topological polar surface area (TPSA) is 129 Å². The SMILES string of the molecule is N#Cc1c(Nc2ccc(I)cc2F)cc(F)cc1OCC[C@@H](O)COC(=O)c1ccccc1C(=O)O. The Hall–Kier alpha value is -3.76. The van der Waals surface area contributed by atoms with Crippen molar-refractivity contribution in [2.24, 2.45) is 0 Å². The van der Waals surface area contributed by atoms with Gasteiger partial charge in [0.15, 0.2) is 0 Å². The van der Waals surface area contributed by atoms with E-state index in [2.05, 4.69) is 5.32 Å². The molecule has 0 aliphatic rings. The first-order valence-corrected chi connectivity index (χ1v) is 11.5. The molecule has 0 heterocycles. The predicted molar refractivity (Wildman–Crippen MR) is 133 cm³/mol. The van der Waals surface area contributed by atoms with Crippen LogP contribution < -0.4 is 10.1 Å². The molecule has 36 heavy (non-hydrogen) atoms. The average molecular weight is 608 g/mol. The fourth-order valence-corrected chi connectivity index (χ4v) is 3.58. The van der Waals surface area contributed by atoms with Gasteiger partial charge in [0.05, 0.1) is 35.2 Å². The number of aromatic carboxylic acids is 1. The summed E-state index contributed by atoms with van der Waals surface area (Å²) < 4.78 is 39.5. The Morgan fingerprint density at radius 3 is 2.47 bits per heavy atom. The van der Waals surface area contributed by atoms with Crippen LogP contribution in [0.25, 0.3) is 0 Å². The molecule has 0 bridgehead atoms. The largest absolute Gasteiger partial charge is 0.492 e. The Morgan fingerprint density at radius 1 is 1.08 bits per heavy atom. The third-order valence-electron chi connectivity index (χ3n) is 4.87. The first-order valence-electron chi connectivity index (χ1n) is 10.5. The molecule has 3 rings (SSSR count). The number of aliphatic hydroxyl groups is 1. The molecule has 1 atom stereocenters. The molecular formula is C25H19F2IN2O6. The van der Waals surface area contributed by atoms with E-state index in [1.54, 1.807) is 6.07 Å². The maximum Gasteiger partial charge on any atom is 0.339 e. The molecule has 0 saturated heterocycles. The predicted octanol–water partition coefficient (Wildman–Crippen LogP) is 4.87. The Labute approximate surface area is 218 Å². The molecule has 0 aromatic heterocycles.